The monoisotopic (exact) mass is 289 g/mol. The maximum absolute atomic E-state index is 6.37. The van der Waals surface area contributed by atoms with Crippen molar-refractivity contribution in [2.75, 3.05) is 13.7 Å². The minimum atomic E-state index is -0.0354. The zero-order valence-corrected chi connectivity index (χ0v) is 14.0. The first kappa shape index (κ1) is 16.5. The number of benzene rings is 1. The molecule has 1 aliphatic rings. The van der Waals surface area contributed by atoms with Gasteiger partial charge in [0.2, 0.25) is 0 Å². The Hall–Kier alpha value is -0.860. The Kier molecular flexibility index (Phi) is 6.25. The van der Waals surface area contributed by atoms with Crippen molar-refractivity contribution in [3.05, 3.63) is 35.4 Å². The fourth-order valence-electron chi connectivity index (χ4n) is 3.86. The molecule has 0 radical (unpaired) electrons. The van der Waals surface area contributed by atoms with Gasteiger partial charge in [-0.3, -0.25) is 0 Å². The van der Waals surface area contributed by atoms with E-state index in [1.807, 2.05) is 0 Å². The van der Waals surface area contributed by atoms with Crippen LogP contribution in [0.4, 0.5) is 0 Å². The summed E-state index contributed by atoms with van der Waals surface area (Å²) >= 11 is 0. The smallest absolute Gasteiger partial charge is 0.0876 e. The van der Waals surface area contributed by atoms with E-state index in [1.54, 1.807) is 0 Å². The molecule has 1 unspecified atom stereocenters. The van der Waals surface area contributed by atoms with E-state index in [1.165, 1.54) is 49.7 Å². The summed E-state index contributed by atoms with van der Waals surface area (Å²) < 4.78 is 6.37. The summed E-state index contributed by atoms with van der Waals surface area (Å²) in [6.45, 7) is 5.14. The molecule has 2 heteroatoms. The number of hydrogen-bond acceptors (Lipinski definition) is 2. The van der Waals surface area contributed by atoms with Crippen molar-refractivity contribution in [3.63, 3.8) is 0 Å². The van der Waals surface area contributed by atoms with Gasteiger partial charge in [0.15, 0.2) is 0 Å². The van der Waals surface area contributed by atoms with Crippen LogP contribution in [0.5, 0.6) is 0 Å². The highest BCUT2D eigenvalue weighted by Crippen LogP contribution is 2.40. The molecular formula is C19H31NO. The van der Waals surface area contributed by atoms with Crippen molar-refractivity contribution in [2.24, 2.45) is 0 Å². The van der Waals surface area contributed by atoms with Gasteiger partial charge in [0, 0.05) is 6.61 Å². The van der Waals surface area contributed by atoms with Crippen LogP contribution < -0.4 is 5.32 Å². The second-order valence-electron chi connectivity index (χ2n) is 6.23. The van der Waals surface area contributed by atoms with Crippen molar-refractivity contribution < 1.29 is 4.74 Å². The van der Waals surface area contributed by atoms with Gasteiger partial charge < -0.3 is 10.1 Å². The quantitative estimate of drug-likeness (QED) is 0.770. The number of likely N-dealkylation sites (N-methyl/N-ethyl adjacent to an activating group) is 1. The van der Waals surface area contributed by atoms with Gasteiger partial charge in [-0.25, -0.2) is 0 Å². The molecule has 0 saturated heterocycles. The van der Waals surface area contributed by atoms with Crippen LogP contribution in [0.15, 0.2) is 24.3 Å². The number of aryl methyl sites for hydroxylation is 1. The standard InChI is InChI=1S/C19H31NO/c1-4-16-11-10-12-17(15-16)18(20-3)19(21-5-2)13-8-6-7-9-14-19/h10-12,15,18,20H,4-9,13-14H2,1-3H3. The molecule has 1 fully saturated rings. The van der Waals surface area contributed by atoms with Crippen LogP contribution >= 0.6 is 0 Å². The molecule has 0 heterocycles. The Balaban J connectivity index is 2.33. The molecule has 0 bridgehead atoms. The maximum atomic E-state index is 6.37. The molecule has 1 aliphatic carbocycles. The van der Waals surface area contributed by atoms with Gasteiger partial charge in [-0.15, -0.1) is 0 Å². The van der Waals surface area contributed by atoms with Crippen LogP contribution in [0.2, 0.25) is 0 Å². The first-order valence-corrected chi connectivity index (χ1v) is 8.66. The SMILES string of the molecule is CCOC1(C(NC)c2cccc(CC)c2)CCCCCC1. The largest absolute Gasteiger partial charge is 0.373 e. The molecule has 1 aromatic rings. The zero-order chi connectivity index (χ0) is 15.1. The predicted molar refractivity (Wildman–Crippen MR) is 89.7 cm³/mol. The van der Waals surface area contributed by atoms with E-state index < -0.39 is 0 Å². The summed E-state index contributed by atoms with van der Waals surface area (Å²) in [5.74, 6) is 0. The summed E-state index contributed by atoms with van der Waals surface area (Å²) in [6, 6.07) is 9.31. The molecule has 118 valence electrons. The molecule has 1 N–H and O–H groups in total. The van der Waals surface area contributed by atoms with Crippen molar-refractivity contribution >= 4 is 0 Å². The second-order valence-corrected chi connectivity index (χ2v) is 6.23. The fraction of sp³-hybridized carbons (Fsp3) is 0.684. The molecular weight excluding hydrogens is 258 g/mol. The van der Waals surface area contributed by atoms with Gasteiger partial charge in [0.25, 0.3) is 0 Å². The molecule has 0 aliphatic heterocycles. The van der Waals surface area contributed by atoms with Gasteiger partial charge in [0.05, 0.1) is 11.6 Å². The van der Waals surface area contributed by atoms with Crippen LogP contribution in [0.25, 0.3) is 0 Å². The average Bonchev–Trinajstić information content (AvgIpc) is 2.75. The topological polar surface area (TPSA) is 21.3 Å². The number of ether oxygens (including phenoxy) is 1. The molecule has 1 atom stereocenters. The van der Waals surface area contributed by atoms with E-state index in [0.29, 0.717) is 6.04 Å². The molecule has 0 amide bonds. The van der Waals surface area contributed by atoms with Crippen molar-refractivity contribution in [3.8, 4) is 0 Å². The number of rotatable bonds is 6. The Morgan fingerprint density at radius 1 is 1.14 bits per heavy atom. The van der Waals surface area contributed by atoms with Crippen LogP contribution in [0.1, 0.15) is 69.5 Å². The highest BCUT2D eigenvalue weighted by atomic mass is 16.5. The van der Waals surface area contributed by atoms with E-state index in [2.05, 4.69) is 50.5 Å². The summed E-state index contributed by atoms with van der Waals surface area (Å²) in [7, 11) is 2.08. The highest BCUT2D eigenvalue weighted by molar-refractivity contribution is 5.28. The van der Waals surface area contributed by atoms with Crippen molar-refractivity contribution in [1.82, 2.24) is 5.32 Å². The van der Waals surface area contributed by atoms with Crippen molar-refractivity contribution in [1.29, 1.82) is 0 Å². The summed E-state index contributed by atoms with van der Waals surface area (Å²) in [5.41, 5.74) is 2.76. The first-order chi connectivity index (χ1) is 10.3. The summed E-state index contributed by atoms with van der Waals surface area (Å²) in [6.07, 6.45) is 8.69. The Morgan fingerprint density at radius 3 is 2.43 bits per heavy atom. The fourth-order valence-corrected chi connectivity index (χ4v) is 3.86. The van der Waals surface area contributed by atoms with Gasteiger partial charge >= 0.3 is 0 Å². The summed E-state index contributed by atoms with van der Waals surface area (Å²) in [5, 5.41) is 3.57. The average molecular weight is 289 g/mol. The van der Waals surface area contributed by atoms with E-state index in [-0.39, 0.29) is 5.60 Å². The predicted octanol–water partition coefficient (Wildman–Crippen LogP) is 4.64. The Morgan fingerprint density at radius 2 is 1.86 bits per heavy atom. The Bertz CT molecular complexity index is 421. The molecule has 1 aromatic carbocycles. The van der Waals surface area contributed by atoms with Crippen LogP contribution in [-0.2, 0) is 11.2 Å². The number of nitrogens with one attached hydrogen (secondary N) is 1. The highest BCUT2D eigenvalue weighted by Gasteiger charge is 2.39. The molecule has 0 aromatic heterocycles. The van der Waals surface area contributed by atoms with Gasteiger partial charge in [-0.2, -0.15) is 0 Å². The third-order valence-corrected chi connectivity index (χ3v) is 4.89. The van der Waals surface area contributed by atoms with Crippen molar-refractivity contribution in [2.45, 2.75) is 70.4 Å². The van der Waals surface area contributed by atoms with Crippen LogP contribution in [-0.4, -0.2) is 19.3 Å². The van der Waals surface area contributed by atoms with Gasteiger partial charge in [-0.1, -0.05) is 56.9 Å². The third kappa shape index (κ3) is 3.87. The van der Waals surface area contributed by atoms with Gasteiger partial charge in [-0.05, 0) is 44.4 Å². The lowest BCUT2D eigenvalue weighted by molar-refractivity contribution is -0.0767. The third-order valence-electron chi connectivity index (χ3n) is 4.89. The normalized spacial score (nSPS) is 20.0. The van der Waals surface area contributed by atoms with E-state index >= 15 is 0 Å². The van der Waals surface area contributed by atoms with E-state index in [4.69, 9.17) is 4.74 Å². The van der Waals surface area contributed by atoms with E-state index in [0.717, 1.165) is 13.0 Å². The van der Waals surface area contributed by atoms with Crippen LogP contribution in [0, 0.1) is 0 Å². The first-order valence-electron chi connectivity index (χ1n) is 8.66. The maximum Gasteiger partial charge on any atom is 0.0876 e. The van der Waals surface area contributed by atoms with Crippen LogP contribution in [0.3, 0.4) is 0 Å². The lowest BCUT2D eigenvalue weighted by Crippen LogP contribution is -2.45. The molecule has 1 saturated carbocycles. The Labute approximate surface area is 130 Å². The minimum absolute atomic E-state index is 0.0354. The summed E-state index contributed by atoms with van der Waals surface area (Å²) in [4.78, 5) is 0. The lowest BCUT2D eigenvalue weighted by atomic mass is 9.81. The van der Waals surface area contributed by atoms with Gasteiger partial charge in [0.1, 0.15) is 0 Å². The van der Waals surface area contributed by atoms with E-state index in [9.17, 15) is 0 Å². The number of hydrogen-bond donors (Lipinski definition) is 1. The lowest BCUT2D eigenvalue weighted by Gasteiger charge is -2.40. The minimum Gasteiger partial charge on any atom is -0.373 e. The molecule has 21 heavy (non-hydrogen) atoms. The molecule has 2 nitrogen and oxygen atoms in total. The second kappa shape index (κ2) is 7.95. The zero-order valence-electron chi connectivity index (χ0n) is 14.0. The molecule has 0 spiro atoms. The molecule has 2 rings (SSSR count).